The van der Waals surface area contributed by atoms with Gasteiger partial charge in [-0.05, 0) is 6.92 Å². The molecule has 4 nitrogen and oxygen atoms in total. The van der Waals surface area contributed by atoms with E-state index in [1.54, 1.807) is 0 Å². The number of aliphatic hydroxyl groups excluding tert-OH is 2. The van der Waals surface area contributed by atoms with E-state index in [1.165, 1.54) is 0 Å². The van der Waals surface area contributed by atoms with Gasteiger partial charge in [-0.1, -0.05) is 0 Å². The molecule has 1 fully saturated rings. The molecule has 0 bridgehead atoms. The van der Waals surface area contributed by atoms with Crippen molar-refractivity contribution in [3.05, 3.63) is 0 Å². The smallest absolute Gasteiger partial charge is 0.160 e. The van der Waals surface area contributed by atoms with Crippen molar-refractivity contribution in [2.45, 2.75) is 31.8 Å². The summed E-state index contributed by atoms with van der Waals surface area (Å²) in [6.45, 7) is 2.58. The molecule has 0 saturated carbocycles. The van der Waals surface area contributed by atoms with Crippen LogP contribution in [0.1, 0.15) is 13.3 Å². The first-order valence-corrected chi connectivity index (χ1v) is 3.83. The Balaban J connectivity index is 2.28. The Morgan fingerprint density at radius 2 is 2.18 bits per heavy atom. The van der Waals surface area contributed by atoms with Crippen LogP contribution in [0.15, 0.2) is 0 Å². The zero-order valence-corrected chi connectivity index (χ0v) is 6.56. The zero-order valence-electron chi connectivity index (χ0n) is 6.56. The molecule has 0 aromatic heterocycles. The van der Waals surface area contributed by atoms with Crippen molar-refractivity contribution >= 4 is 0 Å². The van der Waals surface area contributed by atoms with E-state index in [2.05, 4.69) is 0 Å². The Kier molecular flexibility index (Phi) is 3.26. The van der Waals surface area contributed by atoms with E-state index in [1.807, 2.05) is 6.92 Å². The summed E-state index contributed by atoms with van der Waals surface area (Å²) in [5.41, 5.74) is 0. The highest BCUT2D eigenvalue weighted by Gasteiger charge is 2.28. The molecule has 1 heterocycles. The molecule has 2 N–H and O–H groups in total. The number of hydrogen-bond donors (Lipinski definition) is 2. The van der Waals surface area contributed by atoms with E-state index in [0.717, 1.165) is 0 Å². The maximum atomic E-state index is 9.16. The molecule has 1 saturated heterocycles. The van der Waals surface area contributed by atoms with Crippen LogP contribution in [0.3, 0.4) is 0 Å². The van der Waals surface area contributed by atoms with E-state index < -0.39 is 12.2 Å². The molecule has 0 radical (unpaired) electrons. The molecule has 1 aliphatic rings. The van der Waals surface area contributed by atoms with Crippen LogP contribution in [0.4, 0.5) is 0 Å². The summed E-state index contributed by atoms with van der Waals surface area (Å²) in [5.74, 6) is 0. The Morgan fingerprint density at radius 3 is 2.73 bits per heavy atom. The van der Waals surface area contributed by atoms with Crippen molar-refractivity contribution in [1.82, 2.24) is 0 Å². The van der Waals surface area contributed by atoms with Gasteiger partial charge in [0, 0.05) is 13.0 Å². The van der Waals surface area contributed by atoms with Crippen LogP contribution in [0, 0.1) is 0 Å². The predicted octanol–water partition coefficient (Wildman–Crippen LogP) is -0.509. The van der Waals surface area contributed by atoms with Gasteiger partial charge < -0.3 is 19.7 Å². The highest BCUT2D eigenvalue weighted by molar-refractivity contribution is 4.73. The van der Waals surface area contributed by atoms with Crippen LogP contribution in [-0.2, 0) is 9.47 Å². The van der Waals surface area contributed by atoms with Crippen LogP contribution >= 0.6 is 0 Å². The van der Waals surface area contributed by atoms with Crippen LogP contribution in [-0.4, -0.2) is 41.9 Å². The third-order valence-electron chi connectivity index (χ3n) is 1.68. The minimum atomic E-state index is -0.758. The first kappa shape index (κ1) is 8.93. The lowest BCUT2D eigenvalue weighted by Gasteiger charge is -2.29. The summed E-state index contributed by atoms with van der Waals surface area (Å²) in [5, 5.41) is 18.2. The maximum absolute atomic E-state index is 9.16. The van der Waals surface area contributed by atoms with E-state index in [4.69, 9.17) is 19.7 Å². The average Bonchev–Trinajstić information content (AvgIpc) is 1.98. The number of hydrogen-bond acceptors (Lipinski definition) is 4. The zero-order chi connectivity index (χ0) is 8.27. The SMILES string of the molecule is CCOC1C[C@@H](O)[C@@H](O)CO1. The molecule has 0 spiro atoms. The monoisotopic (exact) mass is 162 g/mol. The fraction of sp³-hybridized carbons (Fsp3) is 1.00. The summed E-state index contributed by atoms with van der Waals surface area (Å²) in [6.07, 6.45) is -1.46. The average molecular weight is 162 g/mol. The lowest BCUT2D eigenvalue weighted by Crippen LogP contribution is -2.42. The molecule has 1 unspecified atom stereocenters. The van der Waals surface area contributed by atoms with Gasteiger partial charge in [-0.15, -0.1) is 0 Å². The van der Waals surface area contributed by atoms with E-state index in [-0.39, 0.29) is 12.9 Å². The molecule has 11 heavy (non-hydrogen) atoms. The molecule has 0 aromatic carbocycles. The van der Waals surface area contributed by atoms with Gasteiger partial charge in [0.15, 0.2) is 6.29 Å². The van der Waals surface area contributed by atoms with Crippen LogP contribution < -0.4 is 0 Å². The van der Waals surface area contributed by atoms with E-state index >= 15 is 0 Å². The molecule has 1 rings (SSSR count). The van der Waals surface area contributed by atoms with Gasteiger partial charge in [-0.25, -0.2) is 0 Å². The third kappa shape index (κ3) is 2.41. The van der Waals surface area contributed by atoms with Gasteiger partial charge in [0.1, 0.15) is 6.10 Å². The van der Waals surface area contributed by atoms with Gasteiger partial charge in [0.05, 0.1) is 12.7 Å². The summed E-state index contributed by atoms with van der Waals surface area (Å²) in [7, 11) is 0. The normalized spacial score (nSPS) is 39.0. The number of ether oxygens (including phenoxy) is 2. The molecule has 3 atom stereocenters. The van der Waals surface area contributed by atoms with Crippen molar-refractivity contribution < 1.29 is 19.7 Å². The molecule has 0 aliphatic carbocycles. The van der Waals surface area contributed by atoms with Crippen LogP contribution in [0.2, 0.25) is 0 Å². The van der Waals surface area contributed by atoms with Crippen molar-refractivity contribution in [2.75, 3.05) is 13.2 Å². The topological polar surface area (TPSA) is 58.9 Å². The van der Waals surface area contributed by atoms with Gasteiger partial charge in [-0.3, -0.25) is 0 Å². The van der Waals surface area contributed by atoms with Crippen molar-refractivity contribution in [1.29, 1.82) is 0 Å². The quantitative estimate of drug-likeness (QED) is 0.574. The molecule has 0 aromatic rings. The number of aliphatic hydroxyl groups is 2. The minimum Gasteiger partial charge on any atom is -0.390 e. The Bertz CT molecular complexity index is 117. The first-order chi connectivity index (χ1) is 5.24. The lowest BCUT2D eigenvalue weighted by molar-refractivity contribution is -0.214. The second-order valence-corrected chi connectivity index (χ2v) is 2.59. The fourth-order valence-electron chi connectivity index (χ4n) is 1.04. The van der Waals surface area contributed by atoms with Crippen molar-refractivity contribution in [3.8, 4) is 0 Å². The first-order valence-electron chi connectivity index (χ1n) is 3.83. The van der Waals surface area contributed by atoms with Gasteiger partial charge in [0.2, 0.25) is 0 Å². The standard InChI is InChI=1S/C7H14O4/c1-2-10-7-3-5(8)6(9)4-11-7/h5-9H,2-4H2,1H3/t5-,6+,7?/m1/s1. The predicted molar refractivity (Wildman–Crippen MR) is 38.0 cm³/mol. The molecular weight excluding hydrogens is 148 g/mol. The Morgan fingerprint density at radius 1 is 1.45 bits per heavy atom. The molecular formula is C7H14O4. The van der Waals surface area contributed by atoms with Gasteiger partial charge in [-0.2, -0.15) is 0 Å². The highest BCUT2D eigenvalue weighted by atomic mass is 16.7. The number of rotatable bonds is 2. The summed E-state index contributed by atoms with van der Waals surface area (Å²) < 4.78 is 10.2. The fourth-order valence-corrected chi connectivity index (χ4v) is 1.04. The van der Waals surface area contributed by atoms with E-state index in [0.29, 0.717) is 13.0 Å². The summed E-state index contributed by atoms with van der Waals surface area (Å²) in [4.78, 5) is 0. The third-order valence-corrected chi connectivity index (χ3v) is 1.68. The molecule has 66 valence electrons. The highest BCUT2D eigenvalue weighted by Crippen LogP contribution is 2.14. The molecule has 1 aliphatic heterocycles. The van der Waals surface area contributed by atoms with Gasteiger partial charge in [0.25, 0.3) is 0 Å². The molecule has 4 heteroatoms. The summed E-state index contributed by atoms with van der Waals surface area (Å²) in [6, 6.07) is 0. The largest absolute Gasteiger partial charge is 0.390 e. The van der Waals surface area contributed by atoms with Crippen molar-refractivity contribution in [3.63, 3.8) is 0 Å². The lowest BCUT2D eigenvalue weighted by atomic mass is 10.1. The Labute approximate surface area is 65.7 Å². The van der Waals surface area contributed by atoms with Crippen LogP contribution in [0.25, 0.3) is 0 Å². The molecule has 0 amide bonds. The van der Waals surface area contributed by atoms with Crippen molar-refractivity contribution in [2.24, 2.45) is 0 Å². The second-order valence-electron chi connectivity index (χ2n) is 2.59. The van der Waals surface area contributed by atoms with Crippen LogP contribution in [0.5, 0.6) is 0 Å². The minimum absolute atomic E-state index is 0.159. The van der Waals surface area contributed by atoms with Gasteiger partial charge >= 0.3 is 0 Å². The summed E-state index contributed by atoms with van der Waals surface area (Å²) >= 11 is 0. The Hall–Kier alpha value is -0.160. The van der Waals surface area contributed by atoms with E-state index in [9.17, 15) is 0 Å². The second kappa shape index (κ2) is 4.01. The maximum Gasteiger partial charge on any atom is 0.160 e.